The van der Waals surface area contributed by atoms with Gasteiger partial charge in [0.25, 0.3) is 0 Å². The molecule has 0 atom stereocenters. The van der Waals surface area contributed by atoms with Crippen LogP contribution in [0.5, 0.6) is 0 Å². The standard InChI is InChI=1S/C13H24N2O2/c1-11-3-5-12(6-4-11)14(2)13(16)15-7-9-17-10-8-15/h11-12H,3-10H2,1-2H3. The molecule has 1 saturated heterocycles. The van der Waals surface area contributed by atoms with E-state index in [9.17, 15) is 4.79 Å². The highest BCUT2D eigenvalue weighted by molar-refractivity contribution is 5.74. The molecule has 0 N–H and O–H groups in total. The molecular formula is C13H24N2O2. The highest BCUT2D eigenvalue weighted by Gasteiger charge is 2.28. The molecule has 1 aliphatic heterocycles. The average Bonchev–Trinajstić information content (AvgIpc) is 2.39. The minimum atomic E-state index is 0.188. The lowest BCUT2D eigenvalue weighted by molar-refractivity contribution is 0.0396. The van der Waals surface area contributed by atoms with Gasteiger partial charge in [-0.05, 0) is 31.6 Å². The number of hydrogen-bond donors (Lipinski definition) is 0. The summed E-state index contributed by atoms with van der Waals surface area (Å²) in [5.74, 6) is 0.832. The number of urea groups is 1. The Kier molecular flexibility index (Phi) is 4.26. The zero-order valence-corrected chi connectivity index (χ0v) is 11.0. The van der Waals surface area contributed by atoms with E-state index in [4.69, 9.17) is 4.74 Å². The number of rotatable bonds is 1. The maximum Gasteiger partial charge on any atom is 0.320 e. The van der Waals surface area contributed by atoms with E-state index in [1.54, 1.807) is 0 Å². The van der Waals surface area contributed by atoms with Gasteiger partial charge in [0.1, 0.15) is 0 Å². The Morgan fingerprint density at radius 1 is 1.18 bits per heavy atom. The van der Waals surface area contributed by atoms with Crippen molar-refractivity contribution < 1.29 is 9.53 Å². The number of amides is 2. The van der Waals surface area contributed by atoms with Gasteiger partial charge in [-0.1, -0.05) is 6.92 Å². The van der Waals surface area contributed by atoms with Crippen molar-refractivity contribution in [3.05, 3.63) is 0 Å². The van der Waals surface area contributed by atoms with E-state index in [2.05, 4.69) is 6.92 Å². The normalized spacial score (nSPS) is 30.1. The molecule has 0 bridgehead atoms. The molecule has 0 aromatic rings. The number of carbonyl (C=O) groups is 1. The van der Waals surface area contributed by atoms with Crippen LogP contribution in [0.15, 0.2) is 0 Å². The van der Waals surface area contributed by atoms with Crippen LogP contribution in [0.3, 0.4) is 0 Å². The van der Waals surface area contributed by atoms with Crippen LogP contribution in [0.4, 0.5) is 4.79 Å². The van der Waals surface area contributed by atoms with Crippen LogP contribution in [-0.4, -0.2) is 55.2 Å². The molecule has 2 rings (SSSR count). The predicted octanol–water partition coefficient (Wildman–Crippen LogP) is 1.95. The van der Waals surface area contributed by atoms with Crippen molar-refractivity contribution in [2.75, 3.05) is 33.4 Å². The molecule has 0 spiro atoms. The first-order valence-electron chi connectivity index (χ1n) is 6.78. The molecular weight excluding hydrogens is 216 g/mol. The third-order valence-electron chi connectivity index (χ3n) is 4.12. The molecule has 1 heterocycles. The lowest BCUT2D eigenvalue weighted by Crippen LogP contribution is -2.50. The molecule has 1 aliphatic carbocycles. The van der Waals surface area contributed by atoms with Crippen molar-refractivity contribution in [1.82, 2.24) is 9.80 Å². The predicted molar refractivity (Wildman–Crippen MR) is 67.0 cm³/mol. The van der Waals surface area contributed by atoms with E-state index in [1.165, 1.54) is 12.8 Å². The van der Waals surface area contributed by atoms with Gasteiger partial charge in [-0.25, -0.2) is 4.79 Å². The van der Waals surface area contributed by atoms with Gasteiger partial charge in [-0.2, -0.15) is 0 Å². The Labute approximate surface area is 104 Å². The molecule has 2 fully saturated rings. The summed E-state index contributed by atoms with van der Waals surface area (Å²) in [6, 6.07) is 0.634. The van der Waals surface area contributed by atoms with E-state index in [1.807, 2.05) is 16.8 Å². The van der Waals surface area contributed by atoms with Crippen LogP contribution in [0.1, 0.15) is 32.6 Å². The quantitative estimate of drug-likeness (QED) is 0.702. The van der Waals surface area contributed by atoms with Gasteiger partial charge in [0.2, 0.25) is 0 Å². The fourth-order valence-corrected chi connectivity index (χ4v) is 2.76. The smallest absolute Gasteiger partial charge is 0.320 e. The maximum atomic E-state index is 12.3. The van der Waals surface area contributed by atoms with Gasteiger partial charge in [-0.3, -0.25) is 0 Å². The van der Waals surface area contributed by atoms with Crippen LogP contribution in [0, 0.1) is 5.92 Å². The molecule has 0 unspecified atom stereocenters. The molecule has 17 heavy (non-hydrogen) atoms. The second kappa shape index (κ2) is 5.71. The van der Waals surface area contributed by atoms with Crippen LogP contribution >= 0.6 is 0 Å². The lowest BCUT2D eigenvalue weighted by atomic mass is 9.87. The van der Waals surface area contributed by atoms with E-state index < -0.39 is 0 Å². The van der Waals surface area contributed by atoms with Crippen molar-refractivity contribution in [2.24, 2.45) is 5.92 Å². The maximum absolute atomic E-state index is 12.3. The summed E-state index contributed by atoms with van der Waals surface area (Å²) >= 11 is 0. The van der Waals surface area contributed by atoms with Crippen molar-refractivity contribution >= 4 is 6.03 Å². The van der Waals surface area contributed by atoms with Gasteiger partial charge >= 0.3 is 6.03 Å². The van der Waals surface area contributed by atoms with E-state index >= 15 is 0 Å². The summed E-state index contributed by atoms with van der Waals surface area (Å²) in [7, 11) is 1.96. The summed E-state index contributed by atoms with van der Waals surface area (Å²) in [5.41, 5.74) is 0. The molecule has 0 radical (unpaired) electrons. The number of hydrogen-bond acceptors (Lipinski definition) is 2. The second-order valence-electron chi connectivity index (χ2n) is 5.41. The molecule has 1 saturated carbocycles. The lowest BCUT2D eigenvalue weighted by Gasteiger charge is -2.37. The zero-order valence-electron chi connectivity index (χ0n) is 11.0. The van der Waals surface area contributed by atoms with Crippen LogP contribution in [0.25, 0.3) is 0 Å². The Bertz CT molecular complexity index is 256. The molecule has 2 amide bonds. The van der Waals surface area contributed by atoms with Crippen molar-refractivity contribution in [1.29, 1.82) is 0 Å². The van der Waals surface area contributed by atoms with Gasteiger partial charge in [0, 0.05) is 26.2 Å². The SMILES string of the molecule is CC1CCC(N(C)C(=O)N2CCOCC2)CC1. The highest BCUT2D eigenvalue weighted by atomic mass is 16.5. The zero-order chi connectivity index (χ0) is 12.3. The second-order valence-corrected chi connectivity index (χ2v) is 5.41. The summed E-state index contributed by atoms with van der Waals surface area (Å²) in [4.78, 5) is 16.1. The molecule has 0 aromatic heterocycles. The van der Waals surface area contributed by atoms with Crippen LogP contribution < -0.4 is 0 Å². The molecule has 4 nitrogen and oxygen atoms in total. The monoisotopic (exact) mass is 240 g/mol. The summed E-state index contributed by atoms with van der Waals surface area (Å²) in [5, 5.41) is 0. The summed E-state index contributed by atoms with van der Waals surface area (Å²) in [6.07, 6.45) is 4.83. The Balaban J connectivity index is 1.85. The number of ether oxygens (including phenoxy) is 1. The van der Waals surface area contributed by atoms with E-state index in [0.717, 1.165) is 31.8 Å². The molecule has 0 aromatic carbocycles. The fraction of sp³-hybridized carbons (Fsp3) is 0.923. The largest absolute Gasteiger partial charge is 0.378 e. The third kappa shape index (κ3) is 3.12. The first-order chi connectivity index (χ1) is 8.18. The summed E-state index contributed by atoms with van der Waals surface area (Å²) < 4.78 is 5.28. The number of morpholine rings is 1. The summed E-state index contributed by atoms with van der Waals surface area (Å²) in [6.45, 7) is 5.15. The van der Waals surface area contributed by atoms with E-state index in [-0.39, 0.29) is 6.03 Å². The Morgan fingerprint density at radius 2 is 1.76 bits per heavy atom. The number of carbonyl (C=O) groups excluding carboxylic acids is 1. The topological polar surface area (TPSA) is 32.8 Å². The molecule has 4 heteroatoms. The molecule has 2 aliphatic rings. The van der Waals surface area contributed by atoms with Crippen molar-refractivity contribution in [3.63, 3.8) is 0 Å². The minimum Gasteiger partial charge on any atom is -0.378 e. The van der Waals surface area contributed by atoms with Crippen LogP contribution in [-0.2, 0) is 4.74 Å². The first-order valence-corrected chi connectivity index (χ1v) is 6.78. The van der Waals surface area contributed by atoms with Gasteiger partial charge in [-0.15, -0.1) is 0 Å². The Hall–Kier alpha value is -0.770. The van der Waals surface area contributed by atoms with E-state index in [0.29, 0.717) is 19.3 Å². The third-order valence-corrected chi connectivity index (χ3v) is 4.12. The Morgan fingerprint density at radius 3 is 2.35 bits per heavy atom. The van der Waals surface area contributed by atoms with Crippen molar-refractivity contribution in [3.8, 4) is 0 Å². The molecule has 98 valence electrons. The van der Waals surface area contributed by atoms with Gasteiger partial charge in [0.05, 0.1) is 13.2 Å². The van der Waals surface area contributed by atoms with Gasteiger partial charge in [0.15, 0.2) is 0 Å². The number of nitrogens with zero attached hydrogens (tertiary/aromatic N) is 2. The van der Waals surface area contributed by atoms with Crippen LogP contribution in [0.2, 0.25) is 0 Å². The highest BCUT2D eigenvalue weighted by Crippen LogP contribution is 2.27. The first kappa shape index (κ1) is 12.7. The minimum absolute atomic E-state index is 0.188. The van der Waals surface area contributed by atoms with Gasteiger partial charge < -0.3 is 14.5 Å². The fourth-order valence-electron chi connectivity index (χ4n) is 2.76. The average molecular weight is 240 g/mol. The van der Waals surface area contributed by atoms with Crippen molar-refractivity contribution in [2.45, 2.75) is 38.6 Å².